The third kappa shape index (κ3) is 5.76. The van der Waals surface area contributed by atoms with Crippen LogP contribution in [-0.4, -0.2) is 26.4 Å². The number of hydrogen-bond acceptors (Lipinski definition) is 8. The van der Waals surface area contributed by atoms with Gasteiger partial charge in [0.1, 0.15) is 28.0 Å². The smallest absolute Gasteiger partial charge is 0.339 e. The topological polar surface area (TPSA) is 149 Å². The van der Waals surface area contributed by atoms with Gasteiger partial charge in [0.2, 0.25) is 0 Å². The number of nitrogens with zero attached hydrogens (tertiary/aromatic N) is 2. The van der Waals surface area contributed by atoms with Gasteiger partial charge in [0.05, 0.1) is 17.7 Å². The molecule has 1 amide bonds. The first-order valence-corrected chi connectivity index (χ1v) is 11.0. The average molecular weight is 479 g/mol. The van der Waals surface area contributed by atoms with E-state index in [9.17, 15) is 28.6 Å². The maximum atomic E-state index is 12.6. The minimum absolute atomic E-state index is 0.00823. The molecule has 10 nitrogen and oxygen atoms in total. The van der Waals surface area contributed by atoms with E-state index in [0.717, 1.165) is 6.07 Å². The fraction of sp³-hybridized carbons (Fsp3) is 0.0435. The van der Waals surface area contributed by atoms with Crippen LogP contribution in [0.2, 0.25) is 0 Å². The van der Waals surface area contributed by atoms with Crippen molar-refractivity contribution in [2.45, 2.75) is 4.90 Å². The maximum Gasteiger partial charge on any atom is 0.339 e. The number of rotatable bonds is 8. The first-order chi connectivity index (χ1) is 16.2. The van der Waals surface area contributed by atoms with Crippen LogP contribution in [0.4, 0.5) is 11.4 Å². The van der Waals surface area contributed by atoms with Gasteiger partial charge in [-0.05, 0) is 42.0 Å². The molecule has 34 heavy (non-hydrogen) atoms. The van der Waals surface area contributed by atoms with E-state index in [-0.39, 0.29) is 33.3 Å². The molecule has 0 aliphatic rings. The number of methoxy groups -OCH3 is 1. The molecule has 0 saturated carbocycles. The summed E-state index contributed by atoms with van der Waals surface area (Å²) in [5.74, 6) is -0.696. The van der Waals surface area contributed by atoms with Gasteiger partial charge in [-0.1, -0.05) is 30.3 Å². The minimum Gasteiger partial charge on any atom is -0.495 e. The second-order valence-electron chi connectivity index (χ2n) is 6.69. The van der Waals surface area contributed by atoms with Crippen LogP contribution < -0.4 is 14.2 Å². The second kappa shape index (κ2) is 10.3. The summed E-state index contributed by atoms with van der Waals surface area (Å²) in [7, 11) is -2.75. The van der Waals surface area contributed by atoms with Crippen LogP contribution in [0.3, 0.4) is 0 Å². The molecule has 3 aromatic rings. The fourth-order valence-electron chi connectivity index (χ4n) is 2.83. The Morgan fingerprint density at radius 1 is 1.09 bits per heavy atom. The van der Waals surface area contributed by atoms with E-state index in [1.807, 2.05) is 0 Å². The van der Waals surface area contributed by atoms with Gasteiger partial charge >= 0.3 is 10.1 Å². The highest BCUT2D eigenvalue weighted by Crippen LogP contribution is 2.29. The van der Waals surface area contributed by atoms with Crippen LogP contribution >= 0.6 is 0 Å². The van der Waals surface area contributed by atoms with Crippen molar-refractivity contribution in [3.05, 3.63) is 94.0 Å². The molecule has 0 heterocycles. The molecular weight excluding hydrogens is 462 g/mol. The lowest BCUT2D eigenvalue weighted by molar-refractivity contribution is -0.384. The van der Waals surface area contributed by atoms with E-state index in [0.29, 0.717) is 5.56 Å². The van der Waals surface area contributed by atoms with Gasteiger partial charge in [-0.25, -0.2) is 0 Å². The average Bonchev–Trinajstić information content (AvgIpc) is 2.83. The molecule has 172 valence electrons. The molecule has 11 heteroatoms. The molecule has 3 aromatic carbocycles. The van der Waals surface area contributed by atoms with Crippen molar-refractivity contribution in [3.8, 4) is 17.6 Å². The van der Waals surface area contributed by atoms with Gasteiger partial charge in [-0.3, -0.25) is 14.9 Å². The quantitative estimate of drug-likeness (QED) is 0.168. The first-order valence-electron chi connectivity index (χ1n) is 9.58. The number of amides is 1. The van der Waals surface area contributed by atoms with E-state index in [1.165, 1.54) is 55.7 Å². The van der Waals surface area contributed by atoms with Crippen molar-refractivity contribution >= 4 is 33.5 Å². The summed E-state index contributed by atoms with van der Waals surface area (Å²) in [6, 6.07) is 18.8. The fourth-order valence-corrected chi connectivity index (χ4v) is 3.77. The molecule has 0 fully saturated rings. The number of hydrogen-bond donors (Lipinski definition) is 1. The summed E-state index contributed by atoms with van der Waals surface area (Å²) in [4.78, 5) is 23.0. The Balaban J connectivity index is 1.85. The van der Waals surface area contributed by atoms with Gasteiger partial charge < -0.3 is 14.2 Å². The van der Waals surface area contributed by atoms with E-state index in [1.54, 1.807) is 30.3 Å². The molecule has 0 aliphatic heterocycles. The van der Waals surface area contributed by atoms with Crippen LogP contribution in [0, 0.1) is 21.4 Å². The van der Waals surface area contributed by atoms with Crippen LogP contribution in [-0.2, 0) is 14.9 Å². The van der Waals surface area contributed by atoms with Crippen molar-refractivity contribution in [2.24, 2.45) is 0 Å². The summed E-state index contributed by atoms with van der Waals surface area (Å²) in [6.45, 7) is 0. The number of nitro groups is 1. The largest absolute Gasteiger partial charge is 0.495 e. The summed E-state index contributed by atoms with van der Waals surface area (Å²) in [5.41, 5.74) is -0.285. The van der Waals surface area contributed by atoms with E-state index >= 15 is 0 Å². The number of anilines is 1. The third-order valence-corrected chi connectivity index (χ3v) is 5.68. The highest BCUT2D eigenvalue weighted by molar-refractivity contribution is 7.87. The number of non-ortho nitro benzene ring substituents is 1. The normalized spacial score (nSPS) is 11.2. The molecule has 3 rings (SSSR count). The van der Waals surface area contributed by atoms with Crippen molar-refractivity contribution in [1.82, 2.24) is 0 Å². The van der Waals surface area contributed by atoms with Gasteiger partial charge in [-0.15, -0.1) is 0 Å². The molecule has 0 radical (unpaired) electrons. The number of nitriles is 1. The molecule has 1 N–H and O–H groups in total. The lowest BCUT2D eigenvalue weighted by atomic mass is 10.1. The van der Waals surface area contributed by atoms with Gasteiger partial charge in [0.25, 0.3) is 11.6 Å². The Bertz CT molecular complexity index is 1410. The van der Waals surface area contributed by atoms with Crippen molar-refractivity contribution in [2.75, 3.05) is 12.4 Å². The molecule has 0 spiro atoms. The highest BCUT2D eigenvalue weighted by atomic mass is 32.2. The Labute approximate surface area is 194 Å². The number of nitro benzene ring substituents is 1. The Kier molecular flexibility index (Phi) is 7.25. The Morgan fingerprint density at radius 3 is 2.47 bits per heavy atom. The lowest BCUT2D eigenvalue weighted by Crippen LogP contribution is -2.14. The predicted molar refractivity (Wildman–Crippen MR) is 123 cm³/mol. The first kappa shape index (κ1) is 24.0. The SMILES string of the molecule is COc1ccc([N+](=O)[O-])cc1NC(=O)/C(C#N)=C/c1cccc(OS(=O)(=O)c2ccccc2)c1. The zero-order chi connectivity index (χ0) is 24.7. The monoisotopic (exact) mass is 479 g/mol. The second-order valence-corrected chi connectivity index (χ2v) is 8.23. The third-order valence-electron chi connectivity index (χ3n) is 4.41. The number of benzene rings is 3. The van der Waals surface area contributed by atoms with Gasteiger partial charge in [0, 0.05) is 12.1 Å². The van der Waals surface area contributed by atoms with Crippen LogP contribution in [0.5, 0.6) is 11.5 Å². The van der Waals surface area contributed by atoms with Crippen LogP contribution in [0.15, 0.2) is 83.3 Å². The van der Waals surface area contributed by atoms with Crippen molar-refractivity contribution in [3.63, 3.8) is 0 Å². The maximum absolute atomic E-state index is 12.6. The predicted octanol–water partition coefficient (Wildman–Crippen LogP) is 3.92. The summed E-state index contributed by atoms with van der Waals surface area (Å²) in [5, 5.41) is 22.9. The molecular formula is C23H17N3O7S. The summed E-state index contributed by atoms with van der Waals surface area (Å²) < 4.78 is 35.1. The van der Waals surface area contributed by atoms with Gasteiger partial charge in [-0.2, -0.15) is 13.7 Å². The van der Waals surface area contributed by atoms with Gasteiger partial charge in [0.15, 0.2) is 0 Å². The van der Waals surface area contributed by atoms with E-state index in [4.69, 9.17) is 8.92 Å². The Hall–Kier alpha value is -4.69. The number of ether oxygens (including phenoxy) is 1. The Morgan fingerprint density at radius 2 is 1.82 bits per heavy atom. The standard InChI is InChI=1S/C23H17N3O7S/c1-32-22-11-10-18(26(28)29)14-21(22)25-23(27)17(15-24)12-16-6-5-7-19(13-16)33-34(30,31)20-8-3-2-4-9-20/h2-14H,1H3,(H,25,27)/b17-12+. The van der Waals surface area contributed by atoms with E-state index in [2.05, 4.69) is 5.32 Å². The van der Waals surface area contributed by atoms with Crippen LogP contribution in [0.25, 0.3) is 6.08 Å². The van der Waals surface area contributed by atoms with E-state index < -0.39 is 20.9 Å². The molecule has 0 aliphatic carbocycles. The molecule has 0 atom stereocenters. The lowest BCUT2D eigenvalue weighted by Gasteiger charge is -2.10. The van der Waals surface area contributed by atoms with Crippen molar-refractivity contribution < 1.29 is 27.1 Å². The molecule has 0 bridgehead atoms. The molecule has 0 aromatic heterocycles. The highest BCUT2D eigenvalue weighted by Gasteiger charge is 2.18. The summed E-state index contributed by atoms with van der Waals surface area (Å²) >= 11 is 0. The number of carbonyl (C=O) groups is 1. The zero-order valence-electron chi connectivity index (χ0n) is 17.7. The number of nitrogens with one attached hydrogen (secondary N) is 1. The molecule has 0 unspecified atom stereocenters. The molecule has 0 saturated heterocycles. The zero-order valence-corrected chi connectivity index (χ0v) is 18.5. The van der Waals surface area contributed by atoms with Crippen molar-refractivity contribution in [1.29, 1.82) is 5.26 Å². The van der Waals surface area contributed by atoms with Crippen LogP contribution in [0.1, 0.15) is 5.56 Å². The minimum atomic E-state index is -4.07. The number of carbonyl (C=O) groups excluding carboxylic acids is 1. The summed E-state index contributed by atoms with van der Waals surface area (Å²) in [6.07, 6.45) is 1.22.